The Hall–Kier alpha value is -1.10. The quantitative estimate of drug-likeness (QED) is 0.716. The van der Waals surface area contributed by atoms with Gasteiger partial charge in [0.05, 0.1) is 0 Å². The summed E-state index contributed by atoms with van der Waals surface area (Å²) in [5.41, 5.74) is -0.938. The van der Waals surface area contributed by atoms with Crippen molar-refractivity contribution in [3.63, 3.8) is 0 Å². The summed E-state index contributed by atoms with van der Waals surface area (Å²) in [7, 11) is 5.08. The fourth-order valence-electron chi connectivity index (χ4n) is 0.930. The maximum atomic E-state index is 11.3. The summed E-state index contributed by atoms with van der Waals surface area (Å²) in [5.74, 6) is -0.884. The molecule has 0 aromatic carbocycles. The van der Waals surface area contributed by atoms with Gasteiger partial charge in [0.25, 0.3) is 0 Å². The van der Waals surface area contributed by atoms with Crippen LogP contribution in [0.25, 0.3) is 0 Å². The average Bonchev–Trinajstić information content (AvgIpc) is 2.12. The van der Waals surface area contributed by atoms with Crippen LogP contribution in [0, 0.1) is 0 Å². The van der Waals surface area contributed by atoms with Gasteiger partial charge in [-0.25, -0.2) is 0 Å². The number of rotatable bonds is 5. The Bertz CT molecular complexity index is 249. The van der Waals surface area contributed by atoms with Crippen molar-refractivity contribution < 1.29 is 14.7 Å². The van der Waals surface area contributed by atoms with E-state index in [4.69, 9.17) is 5.11 Å². The highest BCUT2D eigenvalue weighted by atomic mass is 16.4. The van der Waals surface area contributed by atoms with E-state index in [0.717, 1.165) is 0 Å². The second kappa shape index (κ2) is 5.11. The number of carbonyl (C=O) groups is 2. The first-order valence-electron chi connectivity index (χ1n) is 4.84. The second-order valence-corrected chi connectivity index (χ2v) is 4.32. The largest absolute Gasteiger partial charge is 0.480 e. The molecule has 1 amide bonds. The molecule has 0 aromatic heterocycles. The van der Waals surface area contributed by atoms with Crippen LogP contribution in [0.2, 0.25) is 0 Å². The van der Waals surface area contributed by atoms with Crippen LogP contribution in [0.3, 0.4) is 0 Å². The number of hydrogen-bond donors (Lipinski definition) is 1. The fourth-order valence-corrected chi connectivity index (χ4v) is 0.930. The molecular weight excluding hydrogens is 196 g/mol. The molecule has 0 saturated carbocycles. The third-order valence-electron chi connectivity index (χ3n) is 2.64. The third kappa shape index (κ3) is 3.87. The molecule has 0 aliphatic carbocycles. The molecule has 0 bridgehead atoms. The van der Waals surface area contributed by atoms with Crippen molar-refractivity contribution in [1.29, 1.82) is 0 Å². The molecule has 0 unspecified atom stereocenters. The normalized spacial score (nSPS) is 11.6. The van der Waals surface area contributed by atoms with Gasteiger partial charge in [-0.05, 0) is 20.9 Å². The van der Waals surface area contributed by atoms with Gasteiger partial charge in [-0.3, -0.25) is 14.5 Å². The van der Waals surface area contributed by atoms with E-state index in [1.54, 1.807) is 39.9 Å². The molecule has 0 rings (SSSR count). The van der Waals surface area contributed by atoms with Gasteiger partial charge in [0.1, 0.15) is 5.54 Å². The summed E-state index contributed by atoms with van der Waals surface area (Å²) in [6.07, 6.45) is 0.334. The van der Waals surface area contributed by atoms with E-state index in [1.807, 2.05) is 0 Å². The molecule has 0 aliphatic heterocycles. The number of nitrogens with zero attached hydrogens (tertiary/aromatic N) is 2. The Morgan fingerprint density at radius 2 is 1.67 bits per heavy atom. The number of carboxylic acids is 1. The van der Waals surface area contributed by atoms with Gasteiger partial charge >= 0.3 is 5.97 Å². The van der Waals surface area contributed by atoms with Crippen molar-refractivity contribution in [3.05, 3.63) is 0 Å². The van der Waals surface area contributed by atoms with Gasteiger partial charge < -0.3 is 10.0 Å². The van der Waals surface area contributed by atoms with Crippen LogP contribution in [0.4, 0.5) is 0 Å². The van der Waals surface area contributed by atoms with Crippen molar-refractivity contribution in [2.24, 2.45) is 0 Å². The van der Waals surface area contributed by atoms with E-state index in [0.29, 0.717) is 13.0 Å². The monoisotopic (exact) mass is 216 g/mol. The average molecular weight is 216 g/mol. The zero-order valence-corrected chi connectivity index (χ0v) is 10.1. The van der Waals surface area contributed by atoms with Crippen molar-refractivity contribution in [1.82, 2.24) is 9.80 Å². The highest BCUT2D eigenvalue weighted by Gasteiger charge is 2.31. The number of hydrogen-bond acceptors (Lipinski definition) is 3. The molecule has 0 aromatic rings. The van der Waals surface area contributed by atoms with Gasteiger partial charge in [0.15, 0.2) is 0 Å². The van der Waals surface area contributed by atoms with Crippen LogP contribution in [0.15, 0.2) is 0 Å². The van der Waals surface area contributed by atoms with Crippen molar-refractivity contribution >= 4 is 11.9 Å². The number of carboxylic acid groups (broad SMARTS) is 1. The zero-order valence-electron chi connectivity index (χ0n) is 10.1. The molecule has 0 fully saturated rings. The summed E-state index contributed by atoms with van der Waals surface area (Å²) in [5, 5.41) is 8.95. The first kappa shape index (κ1) is 13.9. The van der Waals surface area contributed by atoms with Crippen LogP contribution < -0.4 is 0 Å². The minimum absolute atomic E-state index is 0.00281. The molecule has 0 atom stereocenters. The Balaban J connectivity index is 4.21. The van der Waals surface area contributed by atoms with Gasteiger partial charge in [0.2, 0.25) is 5.91 Å². The van der Waals surface area contributed by atoms with Crippen molar-refractivity contribution in [2.75, 3.05) is 27.7 Å². The number of likely N-dealkylation sites (N-methyl/N-ethyl adjacent to an activating group) is 1. The lowest BCUT2D eigenvalue weighted by Crippen LogP contribution is -2.48. The molecule has 0 heterocycles. The topological polar surface area (TPSA) is 60.9 Å². The predicted octanol–water partition coefficient (Wildman–Crippen LogP) is 0.260. The maximum Gasteiger partial charge on any atom is 0.323 e. The predicted molar refractivity (Wildman–Crippen MR) is 57.7 cm³/mol. The van der Waals surface area contributed by atoms with Crippen LogP contribution in [-0.2, 0) is 9.59 Å². The van der Waals surface area contributed by atoms with Gasteiger partial charge in [0, 0.05) is 27.1 Å². The van der Waals surface area contributed by atoms with E-state index in [-0.39, 0.29) is 5.91 Å². The molecule has 5 nitrogen and oxygen atoms in total. The van der Waals surface area contributed by atoms with Gasteiger partial charge in [-0.2, -0.15) is 0 Å². The summed E-state index contributed by atoms with van der Waals surface area (Å²) in [4.78, 5) is 25.4. The smallest absolute Gasteiger partial charge is 0.323 e. The highest BCUT2D eigenvalue weighted by molar-refractivity contribution is 5.78. The molecule has 0 radical (unpaired) electrons. The van der Waals surface area contributed by atoms with Gasteiger partial charge in [-0.1, -0.05) is 0 Å². The van der Waals surface area contributed by atoms with Crippen LogP contribution in [0.1, 0.15) is 20.3 Å². The highest BCUT2D eigenvalue weighted by Crippen LogP contribution is 2.12. The minimum atomic E-state index is -0.938. The van der Waals surface area contributed by atoms with E-state index < -0.39 is 11.5 Å². The molecule has 0 spiro atoms. The van der Waals surface area contributed by atoms with Crippen LogP contribution in [0.5, 0.6) is 0 Å². The summed E-state index contributed by atoms with van der Waals surface area (Å²) >= 11 is 0. The first-order valence-corrected chi connectivity index (χ1v) is 4.84. The minimum Gasteiger partial charge on any atom is -0.480 e. The van der Waals surface area contributed by atoms with E-state index in [1.165, 1.54) is 4.90 Å². The lowest BCUT2D eigenvalue weighted by molar-refractivity contribution is -0.149. The maximum absolute atomic E-state index is 11.3. The second-order valence-electron chi connectivity index (χ2n) is 4.32. The number of carbonyl (C=O) groups excluding carboxylic acids is 1. The molecule has 88 valence electrons. The van der Waals surface area contributed by atoms with Crippen LogP contribution in [-0.4, -0.2) is 60.0 Å². The first-order chi connectivity index (χ1) is 6.69. The number of aliphatic carboxylic acids is 1. The Morgan fingerprint density at radius 3 is 2.00 bits per heavy atom. The Kier molecular flexibility index (Phi) is 4.74. The molecule has 1 N–H and O–H groups in total. The molecule has 15 heavy (non-hydrogen) atoms. The third-order valence-corrected chi connectivity index (χ3v) is 2.64. The Labute approximate surface area is 90.7 Å². The number of amides is 1. The summed E-state index contributed by atoms with van der Waals surface area (Å²) in [6, 6.07) is 0. The molecular formula is C10H20N2O3. The molecule has 5 heteroatoms. The van der Waals surface area contributed by atoms with Crippen molar-refractivity contribution in [2.45, 2.75) is 25.8 Å². The summed E-state index contributed by atoms with van der Waals surface area (Å²) in [6.45, 7) is 3.68. The van der Waals surface area contributed by atoms with E-state index >= 15 is 0 Å². The molecule has 0 saturated heterocycles. The lowest BCUT2D eigenvalue weighted by Gasteiger charge is -2.31. The Morgan fingerprint density at radius 1 is 1.20 bits per heavy atom. The van der Waals surface area contributed by atoms with Crippen molar-refractivity contribution in [3.8, 4) is 0 Å². The zero-order chi connectivity index (χ0) is 12.2. The summed E-state index contributed by atoms with van der Waals surface area (Å²) < 4.78 is 0. The van der Waals surface area contributed by atoms with E-state index in [9.17, 15) is 9.59 Å². The molecule has 0 aliphatic rings. The van der Waals surface area contributed by atoms with E-state index in [2.05, 4.69) is 0 Å². The SMILES string of the molecule is CN(C)C(=O)CCN(C)C(C)(C)C(=O)O. The fraction of sp³-hybridized carbons (Fsp3) is 0.800. The lowest BCUT2D eigenvalue weighted by atomic mass is 10.0. The standard InChI is InChI=1S/C10H20N2O3/c1-10(2,9(14)15)12(5)7-6-8(13)11(3)4/h6-7H2,1-5H3,(H,14,15). The van der Waals surface area contributed by atoms with Gasteiger partial charge in [-0.15, -0.1) is 0 Å². The van der Waals surface area contributed by atoms with Crippen LogP contribution >= 0.6 is 0 Å².